The Kier molecular flexibility index (Phi) is 7.22. The molecule has 178 valence electrons. The number of carbonyl (C=O) groups is 1. The number of nitrogens with zero attached hydrogens (tertiary/aromatic N) is 1. The second kappa shape index (κ2) is 9.63. The number of rotatable bonds is 3. The molecule has 1 N–H and O–H groups in total. The maximum Gasteiger partial charge on any atom is 0.435 e. The Morgan fingerprint density at radius 2 is 1.53 bits per heavy atom. The first-order chi connectivity index (χ1) is 15.7. The van der Waals surface area contributed by atoms with Crippen LogP contribution in [0.1, 0.15) is 21.5 Å². The van der Waals surface area contributed by atoms with Crippen molar-refractivity contribution < 1.29 is 34.8 Å². The van der Waals surface area contributed by atoms with Crippen LogP contribution in [0.5, 0.6) is 5.75 Å². The molecule has 8 nitrogen and oxygen atoms in total. The van der Waals surface area contributed by atoms with Gasteiger partial charge in [0.2, 0.25) is 0 Å². The molecule has 0 unspecified atom stereocenters. The standard InChI is InChI=1S/C22H16ClNO4S.FHO3S/c1-13-8-9-16-18(10-13)24-19-12-20(29(23,26)27)14(2)11-17(19)21(16)22(25)28-15-6-4-3-5-7-15;1-5(2,3)4/h3-12H,1-2H3;(H,2,3,4). The van der Waals surface area contributed by atoms with Gasteiger partial charge in [-0.1, -0.05) is 34.2 Å². The van der Waals surface area contributed by atoms with Gasteiger partial charge >= 0.3 is 16.5 Å². The van der Waals surface area contributed by atoms with E-state index in [1.54, 1.807) is 37.3 Å². The molecule has 0 aliphatic rings. The highest BCUT2D eigenvalue weighted by molar-refractivity contribution is 8.13. The quantitative estimate of drug-likeness (QED) is 0.131. The van der Waals surface area contributed by atoms with Crippen LogP contribution in [0.2, 0.25) is 0 Å². The third kappa shape index (κ3) is 6.26. The smallest absolute Gasteiger partial charge is 0.423 e. The first-order valence-electron chi connectivity index (χ1n) is 9.47. The summed E-state index contributed by atoms with van der Waals surface area (Å²) in [5, 5.41) is 1.13. The maximum absolute atomic E-state index is 13.1. The van der Waals surface area contributed by atoms with E-state index in [1.165, 1.54) is 6.07 Å². The van der Waals surface area contributed by atoms with Crippen LogP contribution in [0, 0.1) is 13.8 Å². The van der Waals surface area contributed by atoms with Gasteiger partial charge in [-0.05, 0) is 55.3 Å². The number of esters is 1. The summed E-state index contributed by atoms with van der Waals surface area (Å²) in [7, 11) is -3.55. The van der Waals surface area contributed by atoms with Crippen LogP contribution in [0.15, 0.2) is 65.6 Å². The highest BCUT2D eigenvalue weighted by Crippen LogP contribution is 2.32. The van der Waals surface area contributed by atoms with Crippen LogP contribution < -0.4 is 4.74 Å². The number of fused-ring (bicyclic) bond motifs is 2. The number of hydrogen-bond acceptors (Lipinski definition) is 7. The zero-order valence-corrected chi connectivity index (χ0v) is 20.1. The molecule has 34 heavy (non-hydrogen) atoms. The van der Waals surface area contributed by atoms with Crippen LogP contribution in [-0.4, -0.2) is 32.3 Å². The van der Waals surface area contributed by atoms with Crippen LogP contribution in [0.4, 0.5) is 3.89 Å². The van der Waals surface area contributed by atoms with Gasteiger partial charge in [0.05, 0.1) is 21.5 Å². The fourth-order valence-corrected chi connectivity index (χ4v) is 4.51. The molecule has 1 heterocycles. The zero-order chi connectivity index (χ0) is 25.3. The van der Waals surface area contributed by atoms with Crippen molar-refractivity contribution in [1.82, 2.24) is 4.98 Å². The number of benzene rings is 3. The van der Waals surface area contributed by atoms with E-state index in [1.807, 2.05) is 31.2 Å². The predicted octanol–water partition coefficient (Wildman–Crippen LogP) is 4.91. The van der Waals surface area contributed by atoms with Gasteiger partial charge in [-0.2, -0.15) is 8.42 Å². The molecule has 1 aromatic heterocycles. The highest BCUT2D eigenvalue weighted by atomic mass is 35.7. The monoisotopic (exact) mass is 525 g/mol. The van der Waals surface area contributed by atoms with E-state index in [-0.39, 0.29) is 4.90 Å². The van der Waals surface area contributed by atoms with Crippen molar-refractivity contribution >= 4 is 58.0 Å². The summed E-state index contributed by atoms with van der Waals surface area (Å²) in [5.41, 5.74) is 2.64. The minimum absolute atomic E-state index is 0.0338. The number of para-hydroxylation sites is 1. The average Bonchev–Trinajstić information content (AvgIpc) is 2.70. The van der Waals surface area contributed by atoms with Crippen LogP contribution in [0.25, 0.3) is 21.8 Å². The van der Waals surface area contributed by atoms with Crippen molar-refractivity contribution in [2.75, 3.05) is 0 Å². The maximum atomic E-state index is 13.1. The van der Waals surface area contributed by atoms with E-state index in [4.69, 9.17) is 28.4 Å². The lowest BCUT2D eigenvalue weighted by Crippen LogP contribution is -2.11. The molecule has 0 atom stereocenters. The minimum Gasteiger partial charge on any atom is -0.423 e. The molecule has 4 aromatic rings. The molecule has 4 rings (SSSR count). The van der Waals surface area contributed by atoms with Crippen LogP contribution in [0.3, 0.4) is 0 Å². The molecule has 0 aliphatic heterocycles. The lowest BCUT2D eigenvalue weighted by Gasteiger charge is -2.13. The minimum atomic E-state index is -5.17. The van der Waals surface area contributed by atoms with Crippen molar-refractivity contribution in [1.29, 1.82) is 0 Å². The second-order valence-electron chi connectivity index (χ2n) is 7.19. The Bertz CT molecular complexity index is 1620. The molecular weight excluding hydrogens is 509 g/mol. The molecule has 0 fully saturated rings. The summed E-state index contributed by atoms with van der Waals surface area (Å²) < 4.78 is 63.5. The summed E-state index contributed by atoms with van der Waals surface area (Å²) in [4.78, 5) is 17.7. The van der Waals surface area contributed by atoms with E-state index in [0.717, 1.165) is 5.56 Å². The molecule has 0 spiro atoms. The van der Waals surface area contributed by atoms with Crippen molar-refractivity contribution in [2.24, 2.45) is 0 Å². The zero-order valence-electron chi connectivity index (χ0n) is 17.7. The van der Waals surface area contributed by atoms with Gasteiger partial charge < -0.3 is 4.74 Å². The molecular formula is C22H17ClFNO7S2. The Morgan fingerprint density at radius 1 is 0.941 bits per heavy atom. The third-order valence-corrected chi connectivity index (χ3v) is 6.11. The molecule has 0 aliphatic carbocycles. The fraction of sp³-hybridized carbons (Fsp3) is 0.0909. The SMILES string of the molecule is Cc1ccc2c(C(=O)Oc3ccccc3)c3cc(C)c(S(=O)(=O)Cl)cc3nc2c1.O=S(=O)(O)F. The Hall–Kier alpha value is -3.12. The van der Waals surface area contributed by atoms with Crippen LogP contribution >= 0.6 is 10.7 Å². The van der Waals surface area contributed by atoms with Gasteiger partial charge in [0.1, 0.15) is 5.75 Å². The normalized spacial score (nSPS) is 11.7. The van der Waals surface area contributed by atoms with E-state index < -0.39 is 25.5 Å². The summed E-state index contributed by atoms with van der Waals surface area (Å²) in [6.07, 6.45) is 0. The second-order valence-corrected chi connectivity index (χ2v) is 10.6. The summed E-state index contributed by atoms with van der Waals surface area (Å²) >= 11 is 0. The topological polar surface area (TPSA) is 128 Å². The summed E-state index contributed by atoms with van der Waals surface area (Å²) in [6, 6.07) is 17.3. The van der Waals surface area contributed by atoms with Gasteiger partial charge in [0.15, 0.2) is 0 Å². The Morgan fingerprint density at radius 3 is 2.12 bits per heavy atom. The van der Waals surface area contributed by atoms with Gasteiger partial charge in [-0.25, -0.2) is 18.2 Å². The number of carbonyl (C=O) groups excluding carboxylic acids is 1. The van der Waals surface area contributed by atoms with Crippen molar-refractivity contribution in [3.63, 3.8) is 0 Å². The lowest BCUT2D eigenvalue weighted by molar-refractivity contribution is 0.0738. The summed E-state index contributed by atoms with van der Waals surface area (Å²) in [5.74, 6) is -0.127. The molecule has 0 radical (unpaired) electrons. The molecule has 0 saturated carbocycles. The molecule has 0 bridgehead atoms. The van der Waals surface area contributed by atoms with Gasteiger partial charge in [-0.15, -0.1) is 0 Å². The van der Waals surface area contributed by atoms with E-state index in [2.05, 4.69) is 4.98 Å². The van der Waals surface area contributed by atoms with E-state index >= 15 is 0 Å². The first-order valence-corrected chi connectivity index (χ1v) is 13.1. The number of aryl methyl sites for hydroxylation is 2. The molecule has 0 saturated heterocycles. The number of hydrogen-bond donors (Lipinski definition) is 1. The molecule has 3 aromatic carbocycles. The van der Waals surface area contributed by atoms with Gasteiger partial charge in [0, 0.05) is 21.5 Å². The Balaban J connectivity index is 0.000000588. The van der Waals surface area contributed by atoms with Gasteiger partial charge in [0.25, 0.3) is 9.05 Å². The number of halogens is 2. The van der Waals surface area contributed by atoms with Gasteiger partial charge in [-0.3, -0.25) is 4.55 Å². The number of pyridine rings is 1. The van der Waals surface area contributed by atoms with Crippen molar-refractivity contribution in [3.8, 4) is 5.75 Å². The van der Waals surface area contributed by atoms with E-state index in [0.29, 0.717) is 38.7 Å². The lowest BCUT2D eigenvalue weighted by atomic mass is 10.00. The highest BCUT2D eigenvalue weighted by Gasteiger charge is 2.22. The fourth-order valence-electron chi connectivity index (χ4n) is 3.32. The number of aromatic nitrogens is 1. The summed E-state index contributed by atoms with van der Waals surface area (Å²) in [6.45, 7) is 3.54. The average molecular weight is 526 g/mol. The first kappa shape index (κ1) is 25.5. The number of ether oxygens (including phenoxy) is 1. The molecule has 0 amide bonds. The largest absolute Gasteiger partial charge is 0.435 e. The third-order valence-electron chi connectivity index (χ3n) is 4.65. The van der Waals surface area contributed by atoms with Crippen LogP contribution in [-0.2, 0) is 19.6 Å². The predicted molar refractivity (Wildman–Crippen MR) is 126 cm³/mol. The van der Waals surface area contributed by atoms with E-state index in [9.17, 15) is 17.1 Å². The van der Waals surface area contributed by atoms with Crippen molar-refractivity contribution in [2.45, 2.75) is 18.7 Å². The molecule has 12 heteroatoms. The van der Waals surface area contributed by atoms with Crippen molar-refractivity contribution in [3.05, 3.63) is 77.4 Å². The Labute approximate surface area is 199 Å².